The minimum Gasteiger partial charge on any atom is -0.464 e. The normalized spacial score (nSPS) is 16.9. The Morgan fingerprint density at radius 3 is 2.40 bits per heavy atom. The lowest BCUT2D eigenvalue weighted by molar-refractivity contribution is -0.157. The fraction of sp³-hybridized carbons (Fsp3) is 0.909. The number of ether oxygens (including phenoxy) is 2. The Bertz CT molecular complexity index is 192. The highest BCUT2D eigenvalue weighted by Crippen LogP contribution is 2.09. The van der Waals surface area contributed by atoms with E-state index >= 15 is 0 Å². The van der Waals surface area contributed by atoms with Crippen LogP contribution in [0.25, 0.3) is 0 Å². The lowest BCUT2D eigenvalue weighted by Gasteiger charge is -2.25. The highest BCUT2D eigenvalue weighted by Gasteiger charge is 2.23. The van der Waals surface area contributed by atoms with Crippen molar-refractivity contribution in [3.8, 4) is 0 Å². The van der Waals surface area contributed by atoms with Crippen LogP contribution < -0.4 is 5.73 Å². The van der Waals surface area contributed by atoms with Crippen LogP contribution in [-0.4, -0.2) is 30.8 Å². The van der Waals surface area contributed by atoms with Crippen molar-refractivity contribution in [2.75, 3.05) is 13.2 Å². The molecule has 0 aliphatic carbocycles. The van der Waals surface area contributed by atoms with Gasteiger partial charge >= 0.3 is 5.97 Å². The molecule has 0 amide bonds. The van der Waals surface area contributed by atoms with E-state index < -0.39 is 6.10 Å². The monoisotopic (exact) mass is 217 g/mol. The number of esters is 1. The summed E-state index contributed by atoms with van der Waals surface area (Å²) in [4.78, 5) is 11.4. The largest absolute Gasteiger partial charge is 0.464 e. The third-order valence-corrected chi connectivity index (χ3v) is 2.34. The molecule has 0 saturated carbocycles. The van der Waals surface area contributed by atoms with E-state index in [2.05, 4.69) is 0 Å². The van der Waals surface area contributed by atoms with Crippen molar-refractivity contribution >= 4 is 5.97 Å². The maximum atomic E-state index is 11.4. The van der Waals surface area contributed by atoms with Crippen LogP contribution in [0.1, 0.15) is 40.5 Å². The first-order valence-corrected chi connectivity index (χ1v) is 5.54. The van der Waals surface area contributed by atoms with E-state index in [-0.39, 0.29) is 11.5 Å². The molecule has 0 radical (unpaired) electrons. The van der Waals surface area contributed by atoms with Gasteiger partial charge in [0.25, 0.3) is 0 Å². The van der Waals surface area contributed by atoms with Gasteiger partial charge in [-0.15, -0.1) is 0 Å². The third-order valence-electron chi connectivity index (χ3n) is 2.34. The van der Waals surface area contributed by atoms with Crippen LogP contribution >= 0.6 is 0 Å². The summed E-state index contributed by atoms with van der Waals surface area (Å²) in [5.74, 6) is -0.299. The zero-order chi connectivity index (χ0) is 11.9. The topological polar surface area (TPSA) is 61.5 Å². The van der Waals surface area contributed by atoms with E-state index in [1.54, 1.807) is 6.92 Å². The zero-order valence-corrected chi connectivity index (χ0v) is 10.2. The predicted molar refractivity (Wildman–Crippen MR) is 59.5 cm³/mol. The predicted octanol–water partition coefficient (Wildman–Crippen LogP) is 1.47. The number of carbonyl (C=O) groups is 1. The average molecular weight is 217 g/mol. The molecule has 4 nitrogen and oxygen atoms in total. The molecule has 0 saturated heterocycles. The third kappa shape index (κ3) is 5.74. The first-order chi connectivity index (χ1) is 6.96. The summed E-state index contributed by atoms with van der Waals surface area (Å²) in [6, 6.07) is 0. The van der Waals surface area contributed by atoms with E-state index in [0.29, 0.717) is 19.6 Å². The van der Waals surface area contributed by atoms with Gasteiger partial charge in [-0.2, -0.15) is 0 Å². The average Bonchev–Trinajstić information content (AvgIpc) is 2.19. The summed E-state index contributed by atoms with van der Waals surface area (Å²) < 4.78 is 10.4. The second kappa shape index (κ2) is 6.80. The van der Waals surface area contributed by atoms with Crippen LogP contribution in [0, 0.1) is 0 Å². The van der Waals surface area contributed by atoms with Crippen molar-refractivity contribution in [1.82, 2.24) is 0 Å². The van der Waals surface area contributed by atoms with Gasteiger partial charge < -0.3 is 15.2 Å². The number of carbonyl (C=O) groups excluding carboxylic acids is 1. The van der Waals surface area contributed by atoms with Gasteiger partial charge in [-0.25, -0.2) is 4.79 Å². The number of nitrogens with two attached hydrogens (primary N) is 1. The van der Waals surface area contributed by atoms with Crippen molar-refractivity contribution in [1.29, 1.82) is 0 Å². The molecule has 0 bridgehead atoms. The maximum Gasteiger partial charge on any atom is 0.335 e. The Kier molecular flexibility index (Phi) is 6.52. The van der Waals surface area contributed by atoms with Gasteiger partial charge in [0.15, 0.2) is 6.10 Å². The number of rotatable bonds is 7. The van der Waals surface area contributed by atoms with Crippen LogP contribution in [0.3, 0.4) is 0 Å². The minimum absolute atomic E-state index is 0.299. The summed E-state index contributed by atoms with van der Waals surface area (Å²) in [6.07, 6.45) is 0.935. The first kappa shape index (κ1) is 14.4. The van der Waals surface area contributed by atoms with Crippen LogP contribution in [0.15, 0.2) is 0 Å². The highest BCUT2D eigenvalue weighted by atomic mass is 16.6. The minimum atomic E-state index is -0.487. The van der Waals surface area contributed by atoms with Gasteiger partial charge in [-0.05, 0) is 26.7 Å². The molecule has 0 aromatic heterocycles. The van der Waals surface area contributed by atoms with Gasteiger partial charge in [-0.3, -0.25) is 0 Å². The van der Waals surface area contributed by atoms with Crippen molar-refractivity contribution in [3.63, 3.8) is 0 Å². The SMILES string of the molecule is CCOC(=O)C(CC)OCC(C)(N)CC. The van der Waals surface area contributed by atoms with E-state index in [0.717, 1.165) is 6.42 Å². The van der Waals surface area contributed by atoms with Crippen molar-refractivity contribution < 1.29 is 14.3 Å². The Morgan fingerprint density at radius 1 is 1.40 bits per heavy atom. The number of hydrogen-bond acceptors (Lipinski definition) is 4. The Balaban J connectivity index is 4.05. The summed E-state index contributed by atoms with van der Waals surface area (Å²) >= 11 is 0. The second-order valence-electron chi connectivity index (χ2n) is 3.97. The summed E-state index contributed by atoms with van der Waals surface area (Å²) in [5, 5.41) is 0. The second-order valence-corrected chi connectivity index (χ2v) is 3.97. The van der Waals surface area contributed by atoms with Gasteiger partial charge in [0.2, 0.25) is 0 Å². The van der Waals surface area contributed by atoms with E-state index in [1.807, 2.05) is 20.8 Å². The quantitative estimate of drug-likeness (QED) is 0.656. The van der Waals surface area contributed by atoms with Crippen LogP contribution in [0.5, 0.6) is 0 Å². The molecular weight excluding hydrogens is 194 g/mol. The first-order valence-electron chi connectivity index (χ1n) is 5.54. The van der Waals surface area contributed by atoms with Crippen molar-refractivity contribution in [2.45, 2.75) is 52.2 Å². The molecule has 2 atom stereocenters. The van der Waals surface area contributed by atoms with Crippen LogP contribution in [-0.2, 0) is 14.3 Å². The molecule has 4 heteroatoms. The summed E-state index contributed by atoms with van der Waals surface area (Å²) in [7, 11) is 0. The van der Waals surface area contributed by atoms with Gasteiger partial charge in [0.1, 0.15) is 0 Å². The van der Waals surface area contributed by atoms with Crippen LogP contribution in [0.2, 0.25) is 0 Å². The summed E-state index contributed by atoms with van der Waals surface area (Å²) in [6.45, 7) is 8.33. The highest BCUT2D eigenvalue weighted by molar-refractivity contribution is 5.74. The maximum absolute atomic E-state index is 11.4. The van der Waals surface area contributed by atoms with Gasteiger partial charge in [0, 0.05) is 5.54 Å². The molecule has 0 heterocycles. The molecular formula is C11H23NO3. The fourth-order valence-electron chi connectivity index (χ4n) is 0.981. The van der Waals surface area contributed by atoms with E-state index in [1.165, 1.54) is 0 Å². The smallest absolute Gasteiger partial charge is 0.335 e. The summed E-state index contributed by atoms with van der Waals surface area (Å²) in [5.41, 5.74) is 5.54. The number of hydrogen-bond donors (Lipinski definition) is 1. The Hall–Kier alpha value is -0.610. The van der Waals surface area contributed by atoms with Crippen molar-refractivity contribution in [3.05, 3.63) is 0 Å². The Labute approximate surface area is 92.1 Å². The fourth-order valence-corrected chi connectivity index (χ4v) is 0.981. The molecule has 0 fully saturated rings. The van der Waals surface area contributed by atoms with E-state index in [9.17, 15) is 4.79 Å². The van der Waals surface area contributed by atoms with E-state index in [4.69, 9.17) is 15.2 Å². The Morgan fingerprint density at radius 2 is 2.00 bits per heavy atom. The van der Waals surface area contributed by atoms with Gasteiger partial charge in [0.05, 0.1) is 13.2 Å². The molecule has 0 rings (SSSR count). The molecule has 90 valence electrons. The van der Waals surface area contributed by atoms with Crippen LogP contribution in [0.4, 0.5) is 0 Å². The molecule has 15 heavy (non-hydrogen) atoms. The lowest BCUT2D eigenvalue weighted by atomic mass is 10.0. The molecule has 0 aliphatic heterocycles. The standard InChI is InChI=1S/C11H23NO3/c1-5-9(10(13)14-7-3)15-8-11(4,12)6-2/h9H,5-8,12H2,1-4H3. The lowest BCUT2D eigenvalue weighted by Crippen LogP contribution is -2.43. The molecule has 2 N–H and O–H groups in total. The molecule has 0 aliphatic rings. The molecule has 0 aromatic rings. The zero-order valence-electron chi connectivity index (χ0n) is 10.2. The van der Waals surface area contributed by atoms with Gasteiger partial charge in [-0.1, -0.05) is 13.8 Å². The molecule has 0 spiro atoms. The molecule has 0 aromatic carbocycles. The molecule has 2 unspecified atom stereocenters. The van der Waals surface area contributed by atoms with Crippen molar-refractivity contribution in [2.24, 2.45) is 5.73 Å².